The predicted octanol–water partition coefficient (Wildman–Crippen LogP) is 6.38. The summed E-state index contributed by atoms with van der Waals surface area (Å²) in [5, 5.41) is 17.7. The van der Waals surface area contributed by atoms with Crippen LogP contribution in [-0.4, -0.2) is 66.2 Å². The number of carbonyl (C=O) groups excluding carboxylic acids is 1. The Morgan fingerprint density at radius 1 is 1.04 bits per heavy atom. The van der Waals surface area contributed by atoms with E-state index in [1.54, 1.807) is 26.5 Å². The van der Waals surface area contributed by atoms with E-state index < -0.39 is 0 Å². The number of nitrogens with zero attached hydrogens (tertiary/aromatic N) is 7. The number of imidazole rings is 1. The molecule has 0 atom stereocenters. The lowest BCUT2D eigenvalue weighted by molar-refractivity contribution is -0.126. The van der Waals surface area contributed by atoms with Gasteiger partial charge in [0.1, 0.15) is 23.3 Å². The number of aromatic nitrogens is 5. The zero-order valence-corrected chi connectivity index (χ0v) is 26.7. The summed E-state index contributed by atoms with van der Waals surface area (Å²) in [6.45, 7) is 12.4. The predicted molar refractivity (Wildman–Crippen MR) is 176 cm³/mol. The summed E-state index contributed by atoms with van der Waals surface area (Å²) < 4.78 is 10.0. The minimum atomic E-state index is -0.0782. The number of fused-ring (bicyclic) bond motifs is 2. The van der Waals surface area contributed by atoms with Crippen LogP contribution in [0.4, 0.5) is 17.2 Å². The van der Waals surface area contributed by atoms with Crippen LogP contribution >= 0.6 is 0 Å². The van der Waals surface area contributed by atoms with Gasteiger partial charge in [0.25, 0.3) is 5.91 Å². The second-order valence-electron chi connectivity index (χ2n) is 11.9. The number of aliphatic hydroxyl groups is 1. The molecule has 11 heteroatoms. The van der Waals surface area contributed by atoms with E-state index in [0.717, 1.165) is 64.5 Å². The fraction of sp³-hybridized carbons (Fsp3) is 0.353. The zero-order valence-electron chi connectivity index (χ0n) is 26.7. The highest BCUT2D eigenvalue weighted by molar-refractivity contribution is 5.93. The number of hydrogen-bond acceptors (Lipinski definition) is 8. The molecule has 2 fully saturated rings. The van der Waals surface area contributed by atoms with Crippen molar-refractivity contribution in [3.63, 3.8) is 0 Å². The first kappa shape index (κ1) is 30.0. The number of ether oxygens (including phenoxy) is 1. The molecule has 2 aliphatic heterocycles. The number of benzene rings is 2. The lowest BCUT2D eigenvalue weighted by atomic mass is 9.79. The van der Waals surface area contributed by atoms with Crippen LogP contribution in [0.3, 0.4) is 0 Å². The summed E-state index contributed by atoms with van der Waals surface area (Å²) in [6, 6.07) is 14.0. The molecule has 5 aromatic rings. The molecular weight excluding hydrogens is 568 g/mol. The number of likely N-dealkylation sites (tertiary alicyclic amines) is 1. The fourth-order valence-corrected chi connectivity index (χ4v) is 6.26. The Morgan fingerprint density at radius 2 is 1.84 bits per heavy atom. The standard InChI is InChI=1S/C32H34N8O3.C2H6/c1-20-13-23(5-8-28(20)43-24-6-7-26-25(14-24)34-19-37(26)4)36-30-29-27(9-11-40(29)35-18-33-30)39-16-32(17-39)10-12-38(15-32)31(42)21(2)22(3)41;1-2/h5-9,11,13-14,18-19,41H,10,12,15-17H2,1-4H3,(H,33,35,36);1-2H3/b22-21-;. The van der Waals surface area contributed by atoms with Crippen LogP contribution in [0, 0.1) is 12.3 Å². The number of amides is 1. The van der Waals surface area contributed by atoms with Crippen molar-refractivity contribution in [2.45, 2.75) is 41.0 Å². The van der Waals surface area contributed by atoms with Gasteiger partial charge in [0, 0.05) is 56.6 Å². The van der Waals surface area contributed by atoms with Crippen LogP contribution in [0.1, 0.15) is 39.7 Å². The van der Waals surface area contributed by atoms with E-state index in [4.69, 9.17) is 4.74 Å². The van der Waals surface area contributed by atoms with Gasteiger partial charge in [-0.05, 0) is 69.2 Å². The van der Waals surface area contributed by atoms with Gasteiger partial charge in [-0.25, -0.2) is 14.5 Å². The summed E-state index contributed by atoms with van der Waals surface area (Å²) in [7, 11) is 1.97. The topological polar surface area (TPSA) is 113 Å². The maximum Gasteiger partial charge on any atom is 0.252 e. The quantitative estimate of drug-likeness (QED) is 0.169. The Hall–Kier alpha value is -5.06. The molecule has 0 aliphatic carbocycles. The first-order valence-electron chi connectivity index (χ1n) is 15.4. The van der Waals surface area contributed by atoms with Crippen molar-refractivity contribution in [1.29, 1.82) is 0 Å². The molecule has 7 rings (SSSR count). The van der Waals surface area contributed by atoms with E-state index in [-0.39, 0.29) is 17.1 Å². The number of anilines is 3. The lowest BCUT2D eigenvalue weighted by Crippen LogP contribution is -2.58. The summed E-state index contributed by atoms with van der Waals surface area (Å²) in [4.78, 5) is 26.0. The Balaban J connectivity index is 0.00000175. The highest BCUT2D eigenvalue weighted by atomic mass is 16.5. The van der Waals surface area contributed by atoms with Gasteiger partial charge in [0.15, 0.2) is 5.82 Å². The third-order valence-corrected chi connectivity index (χ3v) is 8.78. The molecule has 0 unspecified atom stereocenters. The van der Waals surface area contributed by atoms with Crippen molar-refractivity contribution in [2.75, 3.05) is 36.4 Å². The molecule has 234 valence electrons. The second-order valence-corrected chi connectivity index (χ2v) is 11.9. The number of hydrogen-bond donors (Lipinski definition) is 2. The average Bonchev–Trinajstić information content (AvgIpc) is 3.75. The van der Waals surface area contributed by atoms with Crippen LogP contribution in [0.25, 0.3) is 16.6 Å². The van der Waals surface area contributed by atoms with Crippen LogP contribution < -0.4 is 15.0 Å². The Bertz CT molecular complexity index is 1910. The van der Waals surface area contributed by atoms with Crippen LogP contribution in [-0.2, 0) is 11.8 Å². The fourth-order valence-electron chi connectivity index (χ4n) is 6.26. The maximum atomic E-state index is 12.8. The van der Waals surface area contributed by atoms with E-state index in [2.05, 4.69) is 31.3 Å². The van der Waals surface area contributed by atoms with E-state index in [1.807, 2.05) is 84.4 Å². The van der Waals surface area contributed by atoms with Crippen molar-refractivity contribution < 1.29 is 14.6 Å². The van der Waals surface area contributed by atoms with Gasteiger partial charge in [-0.2, -0.15) is 5.10 Å². The monoisotopic (exact) mass is 608 g/mol. The Kier molecular flexibility index (Phi) is 7.86. The van der Waals surface area contributed by atoms with Gasteiger partial charge in [-0.15, -0.1) is 0 Å². The summed E-state index contributed by atoms with van der Waals surface area (Å²) in [5.74, 6) is 2.23. The third-order valence-electron chi connectivity index (χ3n) is 8.78. The van der Waals surface area contributed by atoms with Crippen LogP contribution in [0.15, 0.2) is 72.6 Å². The second kappa shape index (κ2) is 11.8. The van der Waals surface area contributed by atoms with Crippen molar-refractivity contribution in [1.82, 2.24) is 29.0 Å². The van der Waals surface area contributed by atoms with E-state index in [9.17, 15) is 9.90 Å². The molecule has 1 amide bonds. The zero-order chi connectivity index (χ0) is 31.9. The SMILES string of the molecule is C/C(O)=C(\C)C(=O)N1CCC2(C1)CN(c1ccn3ncnc(Nc4ccc(Oc5ccc6c(c5)ncn6C)c(C)c4)c13)C2.CC. The molecule has 2 saturated heterocycles. The van der Waals surface area contributed by atoms with Crippen LogP contribution in [0.5, 0.6) is 11.5 Å². The van der Waals surface area contributed by atoms with Gasteiger partial charge in [-0.3, -0.25) is 4.79 Å². The van der Waals surface area contributed by atoms with Crippen molar-refractivity contribution in [3.05, 3.63) is 78.2 Å². The molecule has 0 radical (unpaired) electrons. The average molecular weight is 609 g/mol. The van der Waals surface area contributed by atoms with Crippen molar-refractivity contribution >= 4 is 39.6 Å². The minimum Gasteiger partial charge on any atom is -0.512 e. The van der Waals surface area contributed by atoms with Gasteiger partial charge in [0.2, 0.25) is 0 Å². The molecule has 2 N–H and O–H groups in total. The molecule has 2 aliphatic rings. The largest absolute Gasteiger partial charge is 0.512 e. The van der Waals surface area contributed by atoms with E-state index in [1.165, 1.54) is 0 Å². The number of aryl methyl sites for hydroxylation is 2. The Morgan fingerprint density at radius 3 is 2.60 bits per heavy atom. The smallest absolute Gasteiger partial charge is 0.252 e. The molecule has 11 nitrogen and oxygen atoms in total. The van der Waals surface area contributed by atoms with Crippen LogP contribution in [0.2, 0.25) is 0 Å². The number of aliphatic hydroxyl groups excluding tert-OH is 1. The minimum absolute atomic E-state index is 0.0604. The number of allylic oxidation sites excluding steroid dienone is 1. The van der Waals surface area contributed by atoms with Gasteiger partial charge in [0.05, 0.1) is 34.4 Å². The van der Waals surface area contributed by atoms with E-state index >= 15 is 0 Å². The number of nitrogens with one attached hydrogen (secondary N) is 1. The third kappa shape index (κ3) is 5.54. The summed E-state index contributed by atoms with van der Waals surface area (Å²) in [5.41, 5.74) is 6.26. The Labute approximate surface area is 262 Å². The number of carbonyl (C=O) groups is 1. The molecular formula is C34H40N8O3. The van der Waals surface area contributed by atoms with Gasteiger partial charge in [-0.1, -0.05) is 13.8 Å². The maximum absolute atomic E-state index is 12.8. The molecule has 3 aromatic heterocycles. The highest BCUT2D eigenvalue weighted by Gasteiger charge is 2.49. The molecule has 5 heterocycles. The molecule has 0 saturated carbocycles. The molecule has 0 bridgehead atoms. The number of rotatable bonds is 6. The molecule has 2 aromatic carbocycles. The first-order chi connectivity index (χ1) is 21.7. The molecule has 45 heavy (non-hydrogen) atoms. The van der Waals surface area contributed by atoms with Gasteiger partial charge < -0.3 is 29.5 Å². The van der Waals surface area contributed by atoms with Crippen molar-refractivity contribution in [3.8, 4) is 11.5 Å². The lowest BCUT2D eigenvalue weighted by Gasteiger charge is -2.49. The highest BCUT2D eigenvalue weighted by Crippen LogP contribution is 2.44. The summed E-state index contributed by atoms with van der Waals surface area (Å²) >= 11 is 0. The normalized spacial score (nSPS) is 16.0. The van der Waals surface area contributed by atoms with Gasteiger partial charge >= 0.3 is 0 Å². The van der Waals surface area contributed by atoms with E-state index in [0.29, 0.717) is 24.5 Å². The first-order valence-corrected chi connectivity index (χ1v) is 15.4. The summed E-state index contributed by atoms with van der Waals surface area (Å²) in [6.07, 6.45) is 6.25. The van der Waals surface area contributed by atoms with Crippen molar-refractivity contribution in [2.24, 2.45) is 12.5 Å². The molecule has 1 spiro atoms.